The monoisotopic (exact) mass is 657 g/mol. The molecule has 0 aromatic heterocycles. The first kappa shape index (κ1) is 33.9. The van der Waals surface area contributed by atoms with Crippen molar-refractivity contribution in [1.29, 1.82) is 0 Å². The van der Waals surface area contributed by atoms with E-state index in [0.29, 0.717) is 28.7 Å². The van der Waals surface area contributed by atoms with E-state index in [1.54, 1.807) is 55.5 Å². The molecule has 1 fully saturated rings. The third-order valence-corrected chi connectivity index (χ3v) is 9.77. The van der Waals surface area contributed by atoms with E-state index in [1.807, 2.05) is 6.92 Å². The molecule has 1 aliphatic rings. The largest absolute Gasteiger partial charge is 0.494 e. The first-order valence-corrected chi connectivity index (χ1v) is 16.7. The Morgan fingerprint density at radius 2 is 1.67 bits per heavy atom. The predicted octanol–water partition coefficient (Wildman–Crippen LogP) is 5.43. The Balaban J connectivity index is 1.72. The van der Waals surface area contributed by atoms with Gasteiger partial charge in [0.1, 0.15) is 18.3 Å². The number of ether oxygens (including phenoxy) is 3. The minimum Gasteiger partial charge on any atom is -0.494 e. The first-order chi connectivity index (χ1) is 21.6. The standard InChI is InChI=1S/C33H40ClN3O7S/c1-5-44-28-15-13-27(14-16-28)37(45(40,41)29-17-18-30(42-3)31(20-29)43-4)22-32(38)36(21-24-9-8-10-25(34)19-24)23(2)33(39)35-26-11-6-7-12-26/h8-10,13-20,23,26H,5-7,11-12,21-22H2,1-4H3,(H,35,39)/t23-/m0/s1. The van der Waals surface area contributed by atoms with E-state index >= 15 is 0 Å². The normalized spacial score (nSPS) is 14.0. The number of rotatable bonds is 14. The molecule has 12 heteroatoms. The molecule has 0 saturated heterocycles. The highest BCUT2D eigenvalue weighted by atomic mass is 35.5. The van der Waals surface area contributed by atoms with Crippen molar-refractivity contribution in [2.24, 2.45) is 0 Å². The second-order valence-corrected chi connectivity index (χ2v) is 13.1. The molecular weight excluding hydrogens is 618 g/mol. The molecule has 242 valence electrons. The Morgan fingerprint density at radius 1 is 0.978 bits per heavy atom. The highest BCUT2D eigenvalue weighted by Crippen LogP contribution is 2.33. The highest BCUT2D eigenvalue weighted by Gasteiger charge is 2.34. The van der Waals surface area contributed by atoms with Crippen LogP contribution in [0.5, 0.6) is 17.2 Å². The van der Waals surface area contributed by atoms with Gasteiger partial charge in [0, 0.05) is 23.7 Å². The number of hydrogen-bond donors (Lipinski definition) is 1. The molecule has 2 amide bonds. The lowest BCUT2D eigenvalue weighted by Gasteiger charge is -2.32. The molecule has 0 bridgehead atoms. The summed E-state index contributed by atoms with van der Waals surface area (Å²) in [6, 6.07) is 16.8. The summed E-state index contributed by atoms with van der Waals surface area (Å²) in [6.07, 6.45) is 3.84. The molecule has 0 unspecified atom stereocenters. The number of hydrogen-bond acceptors (Lipinski definition) is 7. The average molecular weight is 658 g/mol. The van der Waals surface area contributed by atoms with Crippen LogP contribution in [0.4, 0.5) is 5.69 Å². The van der Waals surface area contributed by atoms with Gasteiger partial charge in [-0.1, -0.05) is 36.6 Å². The Hall–Kier alpha value is -3.96. The third-order valence-electron chi connectivity index (χ3n) is 7.77. The molecule has 1 aliphatic carbocycles. The lowest BCUT2D eigenvalue weighted by Crippen LogP contribution is -2.52. The number of methoxy groups -OCH3 is 2. The number of carbonyl (C=O) groups is 2. The average Bonchev–Trinajstić information content (AvgIpc) is 3.55. The zero-order chi connectivity index (χ0) is 32.6. The van der Waals surface area contributed by atoms with E-state index in [9.17, 15) is 18.0 Å². The van der Waals surface area contributed by atoms with Gasteiger partial charge in [-0.05, 0) is 80.8 Å². The molecule has 45 heavy (non-hydrogen) atoms. The summed E-state index contributed by atoms with van der Waals surface area (Å²) in [5.74, 6) is 0.261. The molecule has 1 saturated carbocycles. The highest BCUT2D eigenvalue weighted by molar-refractivity contribution is 7.92. The Bertz CT molecular complexity index is 1580. The summed E-state index contributed by atoms with van der Waals surface area (Å²) in [7, 11) is -1.46. The van der Waals surface area contributed by atoms with Crippen molar-refractivity contribution < 1.29 is 32.2 Å². The molecule has 1 N–H and O–H groups in total. The zero-order valence-corrected chi connectivity index (χ0v) is 27.6. The summed E-state index contributed by atoms with van der Waals surface area (Å²) in [6.45, 7) is 3.40. The lowest BCUT2D eigenvalue weighted by molar-refractivity contribution is -0.139. The predicted molar refractivity (Wildman–Crippen MR) is 174 cm³/mol. The van der Waals surface area contributed by atoms with Crippen molar-refractivity contribution in [2.45, 2.75) is 63.1 Å². The van der Waals surface area contributed by atoms with Crippen LogP contribution in [0.3, 0.4) is 0 Å². The van der Waals surface area contributed by atoms with Crippen molar-refractivity contribution in [1.82, 2.24) is 10.2 Å². The Morgan fingerprint density at radius 3 is 2.29 bits per heavy atom. The van der Waals surface area contributed by atoms with Crippen LogP contribution in [0.2, 0.25) is 5.02 Å². The maximum Gasteiger partial charge on any atom is 0.264 e. The Kier molecular flexibility index (Phi) is 11.6. The maximum absolute atomic E-state index is 14.2. The molecule has 0 heterocycles. The number of nitrogens with zero attached hydrogens (tertiary/aromatic N) is 2. The van der Waals surface area contributed by atoms with Crippen LogP contribution in [0.1, 0.15) is 45.1 Å². The van der Waals surface area contributed by atoms with Crippen molar-refractivity contribution in [2.75, 3.05) is 31.7 Å². The summed E-state index contributed by atoms with van der Waals surface area (Å²) in [5.41, 5.74) is 0.944. The number of nitrogens with one attached hydrogen (secondary N) is 1. The van der Waals surface area contributed by atoms with Crippen LogP contribution in [-0.4, -0.2) is 64.6 Å². The molecule has 3 aromatic rings. The number of carbonyl (C=O) groups excluding carboxylic acids is 2. The molecular formula is C33H40ClN3O7S. The minimum absolute atomic E-state index is 0.0478. The second-order valence-electron chi connectivity index (χ2n) is 10.8. The van der Waals surface area contributed by atoms with Crippen LogP contribution in [0, 0.1) is 0 Å². The maximum atomic E-state index is 14.2. The van der Waals surface area contributed by atoms with Gasteiger partial charge in [-0.3, -0.25) is 13.9 Å². The summed E-state index contributed by atoms with van der Waals surface area (Å²) < 4.78 is 45.7. The van der Waals surface area contributed by atoms with Crippen LogP contribution >= 0.6 is 11.6 Å². The van der Waals surface area contributed by atoms with Crippen molar-refractivity contribution in [3.63, 3.8) is 0 Å². The van der Waals surface area contributed by atoms with Gasteiger partial charge in [0.2, 0.25) is 11.8 Å². The third kappa shape index (κ3) is 8.40. The van der Waals surface area contributed by atoms with E-state index < -0.39 is 28.5 Å². The van der Waals surface area contributed by atoms with Crippen molar-refractivity contribution >= 4 is 39.1 Å². The number of benzene rings is 3. The fourth-order valence-corrected chi connectivity index (χ4v) is 6.96. The van der Waals surface area contributed by atoms with Crippen LogP contribution in [-0.2, 0) is 26.2 Å². The van der Waals surface area contributed by atoms with Crippen LogP contribution in [0.15, 0.2) is 71.6 Å². The number of amides is 2. The summed E-state index contributed by atoms with van der Waals surface area (Å²) in [4.78, 5) is 28.9. The fourth-order valence-electron chi connectivity index (χ4n) is 5.31. The molecule has 3 aromatic carbocycles. The van der Waals surface area contributed by atoms with Gasteiger partial charge in [0.25, 0.3) is 10.0 Å². The van der Waals surface area contributed by atoms with Gasteiger partial charge >= 0.3 is 0 Å². The SMILES string of the molecule is CCOc1ccc(N(CC(=O)N(Cc2cccc(Cl)c2)[C@@H](C)C(=O)NC2CCCC2)S(=O)(=O)c2ccc(OC)c(OC)c2)cc1. The van der Waals surface area contributed by atoms with Crippen LogP contribution < -0.4 is 23.8 Å². The van der Waals surface area contributed by atoms with Crippen molar-refractivity contribution in [3.8, 4) is 17.2 Å². The second kappa shape index (κ2) is 15.4. The molecule has 0 aliphatic heterocycles. The quantitative estimate of drug-likeness (QED) is 0.246. The number of anilines is 1. The zero-order valence-electron chi connectivity index (χ0n) is 26.0. The molecule has 0 radical (unpaired) electrons. The van der Waals surface area contributed by atoms with E-state index in [1.165, 1.54) is 37.3 Å². The van der Waals surface area contributed by atoms with Gasteiger partial charge in [0.05, 0.1) is 31.4 Å². The molecule has 4 rings (SSSR count). The summed E-state index contributed by atoms with van der Waals surface area (Å²) >= 11 is 6.24. The van der Waals surface area contributed by atoms with Crippen LogP contribution in [0.25, 0.3) is 0 Å². The fraction of sp³-hybridized carbons (Fsp3) is 0.394. The smallest absolute Gasteiger partial charge is 0.264 e. The van der Waals surface area contributed by atoms with E-state index in [-0.39, 0.29) is 34.8 Å². The molecule has 1 atom stereocenters. The Labute approximate surface area is 270 Å². The van der Waals surface area contributed by atoms with E-state index in [2.05, 4.69) is 5.32 Å². The number of sulfonamides is 1. The number of halogens is 1. The van der Waals surface area contributed by atoms with Gasteiger partial charge in [-0.15, -0.1) is 0 Å². The topological polar surface area (TPSA) is 114 Å². The van der Waals surface area contributed by atoms with Gasteiger partial charge in [-0.25, -0.2) is 8.42 Å². The molecule has 10 nitrogen and oxygen atoms in total. The summed E-state index contributed by atoms with van der Waals surface area (Å²) in [5, 5.41) is 3.54. The first-order valence-electron chi connectivity index (χ1n) is 14.9. The van der Waals surface area contributed by atoms with E-state index in [0.717, 1.165) is 30.0 Å². The molecule has 0 spiro atoms. The van der Waals surface area contributed by atoms with E-state index in [4.69, 9.17) is 25.8 Å². The van der Waals surface area contributed by atoms with Gasteiger partial charge < -0.3 is 24.4 Å². The van der Waals surface area contributed by atoms with Crippen molar-refractivity contribution in [3.05, 3.63) is 77.3 Å². The van der Waals surface area contributed by atoms with Gasteiger partial charge in [-0.2, -0.15) is 0 Å². The van der Waals surface area contributed by atoms with Gasteiger partial charge in [0.15, 0.2) is 11.5 Å². The lowest BCUT2D eigenvalue weighted by atomic mass is 10.1. The minimum atomic E-state index is -4.32.